The van der Waals surface area contributed by atoms with E-state index in [0.717, 1.165) is 26.8 Å². The third kappa shape index (κ3) is 2.31. The molecule has 0 bridgehead atoms. The molecule has 0 atom stereocenters. The van der Waals surface area contributed by atoms with Gasteiger partial charge in [0.25, 0.3) is 0 Å². The van der Waals surface area contributed by atoms with E-state index >= 15 is 0 Å². The molecule has 0 saturated carbocycles. The van der Waals surface area contributed by atoms with Gasteiger partial charge in [-0.1, -0.05) is 0 Å². The van der Waals surface area contributed by atoms with Crippen LogP contribution >= 0.6 is 23.1 Å². The third-order valence-electron chi connectivity index (χ3n) is 2.87. The Morgan fingerprint density at radius 1 is 1.18 bits per heavy atom. The first kappa shape index (κ1) is 13.2. The largest absolute Gasteiger partial charge is 0.243 e. The highest BCUT2D eigenvalue weighted by molar-refractivity contribution is 7.99. The summed E-state index contributed by atoms with van der Waals surface area (Å²) in [5, 5.41) is 15.5. The summed E-state index contributed by atoms with van der Waals surface area (Å²) < 4.78 is 1.60. The second-order valence-electron chi connectivity index (χ2n) is 4.26. The molecule has 0 unspecified atom stereocenters. The smallest absolute Gasteiger partial charge is 0.215 e. The van der Waals surface area contributed by atoms with E-state index in [0.29, 0.717) is 5.16 Å². The Morgan fingerprint density at radius 3 is 2.91 bits per heavy atom. The van der Waals surface area contributed by atoms with Crippen LogP contribution in [-0.2, 0) is 7.05 Å². The van der Waals surface area contributed by atoms with Gasteiger partial charge in [-0.2, -0.15) is 0 Å². The van der Waals surface area contributed by atoms with Crippen molar-refractivity contribution in [2.45, 2.75) is 10.2 Å². The maximum absolute atomic E-state index is 4.64. The lowest BCUT2D eigenvalue weighted by molar-refractivity contribution is 0.664. The van der Waals surface area contributed by atoms with Gasteiger partial charge in [-0.05, 0) is 34.3 Å². The van der Waals surface area contributed by atoms with Gasteiger partial charge in [-0.15, -0.1) is 16.4 Å². The van der Waals surface area contributed by atoms with E-state index in [4.69, 9.17) is 0 Å². The van der Waals surface area contributed by atoms with E-state index in [1.807, 2.05) is 17.5 Å². The Hall–Kier alpha value is -2.46. The fourth-order valence-electron chi connectivity index (χ4n) is 1.88. The quantitative estimate of drug-likeness (QED) is 0.562. The summed E-state index contributed by atoms with van der Waals surface area (Å²) >= 11 is 2.90. The van der Waals surface area contributed by atoms with Gasteiger partial charge in [-0.3, -0.25) is 0 Å². The molecule has 0 amide bonds. The van der Waals surface area contributed by atoms with E-state index in [9.17, 15) is 0 Å². The molecular formula is C12H8N8S2. The molecule has 0 spiro atoms. The second kappa shape index (κ2) is 5.39. The fourth-order valence-corrected chi connectivity index (χ4v) is 3.22. The summed E-state index contributed by atoms with van der Waals surface area (Å²) in [6, 6.07) is 3.80. The number of tetrazole rings is 1. The zero-order valence-electron chi connectivity index (χ0n) is 11.3. The van der Waals surface area contributed by atoms with Crippen molar-refractivity contribution in [3.8, 4) is 10.7 Å². The molecule has 108 valence electrons. The number of pyridine rings is 1. The zero-order valence-corrected chi connectivity index (χ0v) is 12.9. The molecule has 0 aliphatic heterocycles. The molecule has 4 aromatic heterocycles. The van der Waals surface area contributed by atoms with Crippen LogP contribution in [0.15, 0.2) is 40.2 Å². The normalized spacial score (nSPS) is 11.1. The van der Waals surface area contributed by atoms with Gasteiger partial charge >= 0.3 is 0 Å². The SMILES string of the molecule is Cn1nnnc1Sc1ccc2ncnc(-c3nccs3)c2n1. The fraction of sp³-hybridized carbons (Fsp3) is 0.0833. The summed E-state index contributed by atoms with van der Waals surface area (Å²) in [5.74, 6) is 0. The molecular weight excluding hydrogens is 320 g/mol. The number of hydrogen-bond donors (Lipinski definition) is 0. The summed E-state index contributed by atoms with van der Waals surface area (Å²) in [4.78, 5) is 17.5. The van der Waals surface area contributed by atoms with Gasteiger partial charge in [0.1, 0.15) is 27.6 Å². The number of aryl methyl sites for hydroxylation is 1. The molecule has 4 rings (SSSR count). The predicted octanol–water partition coefficient (Wildman–Crippen LogP) is 1.82. The van der Waals surface area contributed by atoms with E-state index in [1.54, 1.807) is 17.9 Å². The number of aromatic nitrogens is 8. The Labute approximate surface area is 132 Å². The van der Waals surface area contributed by atoms with Gasteiger partial charge in [0.15, 0.2) is 0 Å². The lowest BCUT2D eigenvalue weighted by Gasteiger charge is -2.04. The van der Waals surface area contributed by atoms with Crippen LogP contribution < -0.4 is 0 Å². The molecule has 22 heavy (non-hydrogen) atoms. The molecule has 0 aromatic carbocycles. The molecule has 0 N–H and O–H groups in total. The van der Waals surface area contributed by atoms with Gasteiger partial charge in [-0.25, -0.2) is 24.6 Å². The highest BCUT2D eigenvalue weighted by Gasteiger charge is 2.12. The first-order valence-corrected chi connectivity index (χ1v) is 7.93. The van der Waals surface area contributed by atoms with Crippen molar-refractivity contribution in [1.82, 2.24) is 40.1 Å². The highest BCUT2D eigenvalue weighted by Crippen LogP contribution is 2.29. The number of rotatable bonds is 3. The topological polar surface area (TPSA) is 95.2 Å². The van der Waals surface area contributed by atoms with Gasteiger partial charge < -0.3 is 0 Å². The van der Waals surface area contributed by atoms with Crippen LogP contribution in [0.25, 0.3) is 21.7 Å². The van der Waals surface area contributed by atoms with Crippen LogP contribution in [0.1, 0.15) is 0 Å². The minimum Gasteiger partial charge on any atom is -0.243 e. The van der Waals surface area contributed by atoms with Gasteiger partial charge in [0.05, 0.1) is 5.52 Å². The molecule has 4 aromatic rings. The number of nitrogens with zero attached hydrogens (tertiary/aromatic N) is 8. The average Bonchev–Trinajstić information content (AvgIpc) is 3.19. The summed E-state index contributed by atoms with van der Waals surface area (Å²) in [6.45, 7) is 0. The minimum atomic E-state index is 0.666. The maximum atomic E-state index is 4.64. The van der Waals surface area contributed by atoms with Crippen molar-refractivity contribution < 1.29 is 0 Å². The van der Waals surface area contributed by atoms with Crippen LogP contribution in [0.2, 0.25) is 0 Å². The van der Waals surface area contributed by atoms with Crippen molar-refractivity contribution >= 4 is 34.1 Å². The Balaban J connectivity index is 1.82. The predicted molar refractivity (Wildman–Crippen MR) is 81.4 cm³/mol. The van der Waals surface area contributed by atoms with E-state index < -0.39 is 0 Å². The highest BCUT2D eigenvalue weighted by atomic mass is 32.2. The first-order chi connectivity index (χ1) is 10.8. The lowest BCUT2D eigenvalue weighted by Crippen LogP contribution is -1.95. The lowest BCUT2D eigenvalue weighted by atomic mass is 10.3. The standard InChI is InChI=1S/C12H8N8S2/c1-20-12(17-18-19-20)22-8-3-2-7-9(16-8)10(15-6-14-7)11-13-4-5-21-11/h2-6H,1H3. The van der Waals surface area contributed by atoms with Crippen molar-refractivity contribution in [2.24, 2.45) is 7.05 Å². The first-order valence-electron chi connectivity index (χ1n) is 6.23. The summed E-state index contributed by atoms with van der Waals surface area (Å²) in [5.41, 5.74) is 2.23. The molecule has 8 nitrogen and oxygen atoms in total. The Kier molecular flexibility index (Phi) is 3.24. The molecule has 0 radical (unpaired) electrons. The van der Waals surface area contributed by atoms with Crippen LogP contribution in [0.3, 0.4) is 0 Å². The third-order valence-corrected chi connectivity index (χ3v) is 4.61. The molecule has 0 aliphatic carbocycles. The number of thiazole rings is 1. The monoisotopic (exact) mass is 328 g/mol. The van der Waals surface area contributed by atoms with Crippen LogP contribution in [-0.4, -0.2) is 40.1 Å². The Bertz CT molecular complexity index is 933. The minimum absolute atomic E-state index is 0.666. The number of fused-ring (bicyclic) bond motifs is 1. The van der Waals surface area contributed by atoms with Crippen molar-refractivity contribution in [1.29, 1.82) is 0 Å². The molecule has 0 saturated heterocycles. The second-order valence-corrected chi connectivity index (χ2v) is 6.15. The molecule has 0 aliphatic rings. The zero-order chi connectivity index (χ0) is 14.9. The Morgan fingerprint density at radius 2 is 2.14 bits per heavy atom. The van der Waals surface area contributed by atoms with E-state index in [1.165, 1.54) is 29.4 Å². The van der Waals surface area contributed by atoms with E-state index in [-0.39, 0.29) is 0 Å². The van der Waals surface area contributed by atoms with Crippen molar-refractivity contribution in [3.63, 3.8) is 0 Å². The van der Waals surface area contributed by atoms with Gasteiger partial charge in [0, 0.05) is 18.6 Å². The van der Waals surface area contributed by atoms with Crippen LogP contribution in [0.4, 0.5) is 0 Å². The van der Waals surface area contributed by atoms with Crippen LogP contribution in [0, 0.1) is 0 Å². The number of hydrogen-bond acceptors (Lipinski definition) is 9. The summed E-state index contributed by atoms with van der Waals surface area (Å²) in [6.07, 6.45) is 3.28. The van der Waals surface area contributed by atoms with E-state index in [2.05, 4.69) is 35.5 Å². The molecule has 10 heteroatoms. The van der Waals surface area contributed by atoms with Gasteiger partial charge in [0.2, 0.25) is 5.16 Å². The maximum Gasteiger partial charge on any atom is 0.215 e. The van der Waals surface area contributed by atoms with Crippen LogP contribution in [0.5, 0.6) is 0 Å². The van der Waals surface area contributed by atoms with Crippen molar-refractivity contribution in [3.05, 3.63) is 30.0 Å². The molecule has 0 fully saturated rings. The average molecular weight is 328 g/mol. The molecule has 4 heterocycles. The van der Waals surface area contributed by atoms with Crippen molar-refractivity contribution in [2.75, 3.05) is 0 Å². The summed E-state index contributed by atoms with van der Waals surface area (Å²) in [7, 11) is 1.79.